The zero-order valence-corrected chi connectivity index (χ0v) is 12.9. The minimum Gasteiger partial charge on any atom is -0.435 e. The number of carbonyl (C=O) groups is 1. The number of alkyl halides is 2. The average Bonchev–Trinajstić information content (AvgIpc) is 2.69. The first-order valence-electron chi connectivity index (χ1n) is 7.49. The molecule has 2 heterocycles. The molecule has 3 nitrogen and oxygen atoms in total. The minimum atomic E-state index is -2.87. The Morgan fingerprint density at radius 3 is 2.59 bits per heavy atom. The van der Waals surface area contributed by atoms with Crippen LogP contribution in [0.1, 0.15) is 31.2 Å². The van der Waals surface area contributed by atoms with Crippen molar-refractivity contribution in [2.24, 2.45) is 5.92 Å². The lowest BCUT2D eigenvalue weighted by Crippen LogP contribution is -2.32. The number of hydrogen-bond donors (Lipinski definition) is 0. The predicted octanol–water partition coefficient (Wildman–Crippen LogP) is 3.09. The fourth-order valence-corrected chi connectivity index (χ4v) is 5.60. The Hall–Kier alpha value is -1.30. The first kappa shape index (κ1) is 15.6. The second kappa shape index (κ2) is 6.44. The van der Waals surface area contributed by atoms with E-state index >= 15 is 0 Å². The number of halogens is 2. The molecule has 2 unspecified atom stereocenters. The molecule has 2 saturated heterocycles. The molecule has 2 fully saturated rings. The maximum absolute atomic E-state index is 12.4. The molecule has 1 aromatic carbocycles. The van der Waals surface area contributed by atoms with Gasteiger partial charge in [0.15, 0.2) is 0 Å². The highest BCUT2D eigenvalue weighted by Gasteiger charge is 2.42. The Morgan fingerprint density at radius 2 is 1.95 bits per heavy atom. The molecule has 6 heteroatoms. The maximum Gasteiger partial charge on any atom is 0.387 e. The van der Waals surface area contributed by atoms with E-state index in [9.17, 15) is 17.8 Å². The molecule has 2 aliphatic heterocycles. The lowest BCUT2D eigenvalue weighted by molar-refractivity contribution is -0.122. The van der Waals surface area contributed by atoms with Gasteiger partial charge in [-0.1, -0.05) is 12.1 Å². The number of hydrogen-bond acceptors (Lipinski definition) is 3. The lowest BCUT2D eigenvalue weighted by atomic mass is 9.91. The van der Waals surface area contributed by atoms with E-state index in [1.807, 2.05) is 0 Å². The van der Waals surface area contributed by atoms with Gasteiger partial charge in [0, 0.05) is 33.6 Å². The van der Waals surface area contributed by atoms with Crippen LogP contribution < -0.4 is 4.74 Å². The topological polar surface area (TPSA) is 43.4 Å². The third kappa shape index (κ3) is 3.37. The highest BCUT2D eigenvalue weighted by molar-refractivity contribution is 7.86. The molecule has 0 spiro atoms. The highest BCUT2D eigenvalue weighted by atomic mass is 32.2. The zero-order valence-electron chi connectivity index (χ0n) is 12.0. The van der Waals surface area contributed by atoms with Gasteiger partial charge in [-0.15, -0.1) is 0 Å². The Bertz CT molecular complexity index is 575. The van der Waals surface area contributed by atoms with E-state index in [1.54, 1.807) is 12.1 Å². The van der Waals surface area contributed by atoms with Gasteiger partial charge in [-0.2, -0.15) is 8.78 Å². The van der Waals surface area contributed by atoms with E-state index in [4.69, 9.17) is 0 Å². The molecule has 0 saturated carbocycles. The van der Waals surface area contributed by atoms with Crippen LogP contribution in [0.3, 0.4) is 0 Å². The smallest absolute Gasteiger partial charge is 0.387 e. The quantitative estimate of drug-likeness (QED) is 0.834. The molecular formula is C16H18F2O3S. The fraction of sp³-hybridized carbons (Fsp3) is 0.562. The summed E-state index contributed by atoms with van der Waals surface area (Å²) in [7, 11) is -0.768. The predicted molar refractivity (Wildman–Crippen MR) is 79.5 cm³/mol. The molecule has 2 atom stereocenters. The molecule has 2 bridgehead atoms. The SMILES string of the molecule is O=C(Cc1cccc(OC(F)F)c1)C1CC2CCC(C1)S2=O. The molecule has 0 N–H and O–H groups in total. The maximum atomic E-state index is 12.4. The summed E-state index contributed by atoms with van der Waals surface area (Å²) in [5.41, 5.74) is 0.683. The van der Waals surface area contributed by atoms with Gasteiger partial charge in [0.05, 0.1) is 0 Å². The van der Waals surface area contributed by atoms with Crippen LogP contribution in [0.4, 0.5) is 8.78 Å². The molecule has 2 aliphatic rings. The molecule has 1 aromatic rings. The van der Waals surface area contributed by atoms with Crippen LogP contribution >= 0.6 is 0 Å². The van der Waals surface area contributed by atoms with Crippen molar-refractivity contribution < 1.29 is 22.5 Å². The number of rotatable bonds is 5. The Labute approximate surface area is 130 Å². The molecule has 0 amide bonds. The van der Waals surface area contributed by atoms with E-state index in [0.717, 1.165) is 12.8 Å². The van der Waals surface area contributed by atoms with Gasteiger partial charge in [-0.3, -0.25) is 9.00 Å². The third-order valence-corrected chi connectivity index (χ3v) is 6.69. The summed E-state index contributed by atoms with van der Waals surface area (Å²) in [6.07, 6.45) is 3.54. The number of fused-ring (bicyclic) bond motifs is 2. The largest absolute Gasteiger partial charge is 0.435 e. The molecule has 22 heavy (non-hydrogen) atoms. The molecular weight excluding hydrogens is 310 g/mol. The average molecular weight is 328 g/mol. The molecule has 0 aliphatic carbocycles. The van der Waals surface area contributed by atoms with Crippen molar-refractivity contribution in [1.82, 2.24) is 0 Å². The standard InChI is InChI=1S/C16H18F2O3S/c17-16(18)21-12-3-1-2-10(6-12)7-15(19)11-8-13-4-5-14(9-11)22(13)20/h1-3,6,11,13-14,16H,4-5,7-9H2. The van der Waals surface area contributed by atoms with Crippen LogP contribution in [0, 0.1) is 5.92 Å². The highest BCUT2D eigenvalue weighted by Crippen LogP contribution is 2.39. The van der Waals surface area contributed by atoms with Crippen molar-refractivity contribution >= 4 is 16.6 Å². The summed E-state index contributed by atoms with van der Waals surface area (Å²) in [4.78, 5) is 12.4. The van der Waals surface area contributed by atoms with Crippen molar-refractivity contribution in [3.05, 3.63) is 29.8 Å². The van der Waals surface area contributed by atoms with E-state index in [1.165, 1.54) is 12.1 Å². The van der Waals surface area contributed by atoms with Gasteiger partial charge in [0.25, 0.3) is 0 Å². The van der Waals surface area contributed by atoms with Crippen LogP contribution in [0.15, 0.2) is 24.3 Å². The molecule has 120 valence electrons. The van der Waals surface area contributed by atoms with Gasteiger partial charge in [0.2, 0.25) is 0 Å². The van der Waals surface area contributed by atoms with Crippen LogP contribution in [0.5, 0.6) is 5.75 Å². The fourth-order valence-electron chi connectivity index (χ4n) is 3.47. The number of Topliss-reactive ketones (excluding diaryl/α,β-unsaturated/α-hetero) is 1. The van der Waals surface area contributed by atoms with Crippen LogP contribution in [0.25, 0.3) is 0 Å². The van der Waals surface area contributed by atoms with Crippen LogP contribution in [-0.2, 0) is 22.0 Å². The summed E-state index contributed by atoms with van der Waals surface area (Å²) >= 11 is 0. The Kier molecular flexibility index (Phi) is 4.57. The third-order valence-electron chi connectivity index (χ3n) is 4.52. The van der Waals surface area contributed by atoms with Gasteiger partial charge in [-0.05, 0) is 43.4 Å². The van der Waals surface area contributed by atoms with Crippen molar-refractivity contribution in [2.45, 2.75) is 49.2 Å². The van der Waals surface area contributed by atoms with Crippen LogP contribution in [-0.4, -0.2) is 27.1 Å². The van der Waals surface area contributed by atoms with Gasteiger partial charge in [0.1, 0.15) is 11.5 Å². The first-order valence-corrected chi connectivity index (χ1v) is 8.76. The van der Waals surface area contributed by atoms with Gasteiger partial charge >= 0.3 is 6.61 Å². The number of carbonyl (C=O) groups excluding carboxylic acids is 1. The summed E-state index contributed by atoms with van der Waals surface area (Å²) in [5.74, 6) is 0.141. The number of ketones is 1. The number of benzene rings is 1. The van der Waals surface area contributed by atoms with Crippen molar-refractivity contribution in [3.8, 4) is 5.75 Å². The summed E-state index contributed by atoms with van der Waals surface area (Å²) in [6.45, 7) is -2.87. The van der Waals surface area contributed by atoms with Gasteiger partial charge < -0.3 is 4.74 Å². The summed E-state index contributed by atoms with van der Waals surface area (Å²) in [6, 6.07) is 6.29. The second-order valence-corrected chi connectivity index (χ2v) is 7.98. The second-order valence-electron chi connectivity index (χ2n) is 5.99. The number of ether oxygens (including phenoxy) is 1. The molecule has 3 rings (SSSR count). The van der Waals surface area contributed by atoms with Gasteiger partial charge in [-0.25, -0.2) is 0 Å². The monoisotopic (exact) mass is 328 g/mol. The van der Waals surface area contributed by atoms with Crippen molar-refractivity contribution in [1.29, 1.82) is 0 Å². The van der Waals surface area contributed by atoms with E-state index in [2.05, 4.69) is 4.74 Å². The Balaban J connectivity index is 1.63. The van der Waals surface area contributed by atoms with Crippen molar-refractivity contribution in [3.63, 3.8) is 0 Å². The summed E-state index contributed by atoms with van der Waals surface area (Å²) in [5, 5.41) is 0.336. The normalized spacial score (nSPS) is 30.5. The lowest BCUT2D eigenvalue weighted by Gasteiger charge is -2.26. The molecule has 0 aromatic heterocycles. The van der Waals surface area contributed by atoms with E-state index in [-0.39, 0.29) is 34.4 Å². The van der Waals surface area contributed by atoms with E-state index in [0.29, 0.717) is 18.4 Å². The van der Waals surface area contributed by atoms with E-state index < -0.39 is 17.4 Å². The summed E-state index contributed by atoms with van der Waals surface area (Å²) < 4.78 is 40.8. The van der Waals surface area contributed by atoms with Crippen molar-refractivity contribution in [2.75, 3.05) is 0 Å². The molecule has 0 radical (unpaired) electrons. The van der Waals surface area contributed by atoms with Crippen LogP contribution in [0.2, 0.25) is 0 Å². The minimum absolute atomic E-state index is 0.0464. The first-order chi connectivity index (χ1) is 10.5. The zero-order chi connectivity index (χ0) is 15.7. The Morgan fingerprint density at radius 1 is 1.27 bits per heavy atom.